The minimum atomic E-state index is -0.520. The molecule has 0 fully saturated rings. The lowest BCUT2D eigenvalue weighted by molar-refractivity contribution is -0.0137. The van der Waals surface area contributed by atoms with Gasteiger partial charge in [-0.15, -0.1) is 6.58 Å². The molecule has 0 aliphatic heterocycles. The van der Waals surface area contributed by atoms with E-state index in [1.807, 2.05) is 0 Å². The zero-order valence-electron chi connectivity index (χ0n) is 14.0. The Bertz CT molecular complexity index is 207. The van der Waals surface area contributed by atoms with E-state index < -0.39 is 6.10 Å². The number of hydrogen-bond donors (Lipinski definition) is 1. The third kappa shape index (κ3) is 17.6. The molecule has 0 aromatic rings. The van der Waals surface area contributed by atoms with Crippen molar-refractivity contribution in [3.8, 4) is 0 Å². The molecule has 0 radical (unpaired) electrons. The highest BCUT2D eigenvalue weighted by atomic mass is 16.5. The van der Waals surface area contributed by atoms with Crippen LogP contribution in [0, 0.1) is 0 Å². The highest BCUT2D eigenvalue weighted by Crippen LogP contribution is 2.10. The Labute approximate surface area is 131 Å². The molecule has 0 saturated carbocycles. The topological polar surface area (TPSA) is 38.7 Å². The van der Waals surface area contributed by atoms with Crippen molar-refractivity contribution in [3.63, 3.8) is 0 Å². The molecule has 0 rings (SSSR count). The first-order chi connectivity index (χ1) is 10.3. The average Bonchev–Trinajstić information content (AvgIpc) is 2.48. The van der Waals surface area contributed by atoms with Crippen molar-refractivity contribution in [3.05, 3.63) is 12.7 Å². The maximum absolute atomic E-state index is 9.55. The third-order valence-electron chi connectivity index (χ3n) is 3.50. The lowest BCUT2D eigenvalue weighted by atomic mass is 10.1. The number of aliphatic hydroxyl groups is 1. The van der Waals surface area contributed by atoms with Gasteiger partial charge in [-0.2, -0.15) is 0 Å². The summed E-state index contributed by atoms with van der Waals surface area (Å²) in [7, 11) is 0. The molecule has 3 nitrogen and oxygen atoms in total. The predicted molar refractivity (Wildman–Crippen MR) is 89.7 cm³/mol. The molecule has 0 aliphatic rings. The summed E-state index contributed by atoms with van der Waals surface area (Å²) in [6.07, 6.45) is 14.4. The molecule has 0 heterocycles. The molecule has 1 unspecified atom stereocenters. The standard InChI is InChI=1S/C18H36O3/c1-3-5-6-7-8-9-10-11-12-13-15-21-17-18(19)16-20-14-4-2/h4,18-19H,2-3,5-17H2,1H3. The van der Waals surface area contributed by atoms with Crippen LogP contribution in [0.3, 0.4) is 0 Å². The van der Waals surface area contributed by atoms with Gasteiger partial charge < -0.3 is 14.6 Å². The normalized spacial score (nSPS) is 12.5. The highest BCUT2D eigenvalue weighted by Gasteiger charge is 2.03. The van der Waals surface area contributed by atoms with Crippen LogP contribution in [-0.4, -0.2) is 37.6 Å². The van der Waals surface area contributed by atoms with Crippen LogP contribution in [0.25, 0.3) is 0 Å². The molecule has 0 spiro atoms. The van der Waals surface area contributed by atoms with E-state index >= 15 is 0 Å². The summed E-state index contributed by atoms with van der Waals surface area (Å²) < 4.78 is 10.6. The van der Waals surface area contributed by atoms with Gasteiger partial charge in [-0.05, 0) is 6.42 Å². The largest absolute Gasteiger partial charge is 0.388 e. The van der Waals surface area contributed by atoms with E-state index in [9.17, 15) is 5.11 Å². The Morgan fingerprint density at radius 1 is 0.857 bits per heavy atom. The minimum Gasteiger partial charge on any atom is -0.388 e. The second-order valence-electron chi connectivity index (χ2n) is 5.74. The van der Waals surface area contributed by atoms with E-state index in [0.29, 0.717) is 19.8 Å². The van der Waals surface area contributed by atoms with Crippen LogP contribution in [0.1, 0.15) is 71.1 Å². The van der Waals surface area contributed by atoms with Gasteiger partial charge in [0, 0.05) is 6.61 Å². The van der Waals surface area contributed by atoms with Crippen LogP contribution in [0.15, 0.2) is 12.7 Å². The molecule has 0 amide bonds. The first-order valence-corrected chi connectivity index (χ1v) is 8.75. The molecule has 0 aromatic heterocycles. The highest BCUT2D eigenvalue weighted by molar-refractivity contribution is 4.64. The fourth-order valence-corrected chi connectivity index (χ4v) is 2.25. The van der Waals surface area contributed by atoms with Gasteiger partial charge in [0.1, 0.15) is 6.10 Å². The summed E-state index contributed by atoms with van der Waals surface area (Å²) >= 11 is 0. The second-order valence-corrected chi connectivity index (χ2v) is 5.74. The molecular formula is C18H36O3. The molecular weight excluding hydrogens is 264 g/mol. The molecule has 3 heteroatoms. The quantitative estimate of drug-likeness (QED) is 0.318. The third-order valence-corrected chi connectivity index (χ3v) is 3.50. The smallest absolute Gasteiger partial charge is 0.101 e. The Balaban J connectivity index is 3.06. The number of rotatable bonds is 17. The maximum Gasteiger partial charge on any atom is 0.101 e. The lowest BCUT2D eigenvalue weighted by Crippen LogP contribution is -2.22. The number of ether oxygens (including phenoxy) is 2. The summed E-state index contributed by atoms with van der Waals surface area (Å²) in [5.74, 6) is 0. The van der Waals surface area contributed by atoms with Gasteiger partial charge in [-0.3, -0.25) is 0 Å². The SMILES string of the molecule is C=CCOCC(O)COCCCCCCCCCCCC. The van der Waals surface area contributed by atoms with Gasteiger partial charge in [0.05, 0.1) is 19.8 Å². The predicted octanol–water partition coefficient (Wildman–Crippen LogP) is 4.49. The molecule has 0 bridgehead atoms. The van der Waals surface area contributed by atoms with E-state index in [2.05, 4.69) is 13.5 Å². The summed E-state index contributed by atoms with van der Waals surface area (Å²) in [5, 5.41) is 9.55. The van der Waals surface area contributed by atoms with Gasteiger partial charge in [0.15, 0.2) is 0 Å². The van der Waals surface area contributed by atoms with Gasteiger partial charge in [0.2, 0.25) is 0 Å². The van der Waals surface area contributed by atoms with E-state index in [4.69, 9.17) is 9.47 Å². The number of hydrogen-bond acceptors (Lipinski definition) is 3. The van der Waals surface area contributed by atoms with Gasteiger partial charge in [-0.25, -0.2) is 0 Å². The van der Waals surface area contributed by atoms with Crippen LogP contribution in [-0.2, 0) is 9.47 Å². The van der Waals surface area contributed by atoms with Crippen molar-refractivity contribution in [1.29, 1.82) is 0 Å². The average molecular weight is 300 g/mol. The first-order valence-electron chi connectivity index (χ1n) is 8.75. The summed E-state index contributed by atoms with van der Waals surface area (Å²) in [4.78, 5) is 0. The van der Waals surface area contributed by atoms with Crippen LogP contribution in [0.4, 0.5) is 0 Å². The molecule has 21 heavy (non-hydrogen) atoms. The van der Waals surface area contributed by atoms with E-state index in [-0.39, 0.29) is 0 Å². The van der Waals surface area contributed by atoms with Crippen molar-refractivity contribution in [1.82, 2.24) is 0 Å². The van der Waals surface area contributed by atoms with Gasteiger partial charge >= 0.3 is 0 Å². The van der Waals surface area contributed by atoms with E-state index in [1.165, 1.54) is 57.8 Å². The Kier molecular flexibility index (Phi) is 17.4. The summed E-state index contributed by atoms with van der Waals surface area (Å²) in [5.41, 5.74) is 0. The lowest BCUT2D eigenvalue weighted by Gasteiger charge is -2.11. The molecule has 0 saturated heterocycles. The fourth-order valence-electron chi connectivity index (χ4n) is 2.25. The maximum atomic E-state index is 9.55. The van der Waals surface area contributed by atoms with E-state index in [1.54, 1.807) is 6.08 Å². The van der Waals surface area contributed by atoms with Crippen LogP contribution in [0.5, 0.6) is 0 Å². The Morgan fingerprint density at radius 2 is 1.38 bits per heavy atom. The molecule has 126 valence electrons. The Morgan fingerprint density at radius 3 is 1.95 bits per heavy atom. The number of unbranched alkanes of at least 4 members (excludes halogenated alkanes) is 9. The summed E-state index contributed by atoms with van der Waals surface area (Å²) in [6.45, 7) is 7.73. The van der Waals surface area contributed by atoms with Crippen molar-refractivity contribution >= 4 is 0 Å². The molecule has 1 atom stereocenters. The van der Waals surface area contributed by atoms with E-state index in [0.717, 1.165) is 13.0 Å². The van der Waals surface area contributed by atoms with Gasteiger partial charge in [0.25, 0.3) is 0 Å². The van der Waals surface area contributed by atoms with Crippen LogP contribution in [0.2, 0.25) is 0 Å². The van der Waals surface area contributed by atoms with Crippen molar-refractivity contribution in [2.24, 2.45) is 0 Å². The van der Waals surface area contributed by atoms with Crippen molar-refractivity contribution in [2.45, 2.75) is 77.2 Å². The molecule has 0 aromatic carbocycles. The summed E-state index contributed by atoms with van der Waals surface area (Å²) in [6, 6.07) is 0. The van der Waals surface area contributed by atoms with Gasteiger partial charge in [-0.1, -0.05) is 70.8 Å². The monoisotopic (exact) mass is 300 g/mol. The first kappa shape index (κ1) is 20.6. The molecule has 0 aliphatic carbocycles. The van der Waals surface area contributed by atoms with Crippen LogP contribution >= 0.6 is 0 Å². The Hall–Kier alpha value is -0.380. The molecule has 1 N–H and O–H groups in total. The zero-order valence-corrected chi connectivity index (χ0v) is 14.0. The van der Waals surface area contributed by atoms with Crippen molar-refractivity contribution in [2.75, 3.05) is 26.4 Å². The minimum absolute atomic E-state index is 0.323. The second kappa shape index (κ2) is 17.7. The van der Waals surface area contributed by atoms with Crippen LogP contribution < -0.4 is 0 Å². The number of aliphatic hydroxyl groups excluding tert-OH is 1. The fraction of sp³-hybridized carbons (Fsp3) is 0.889. The van der Waals surface area contributed by atoms with Crippen molar-refractivity contribution < 1.29 is 14.6 Å². The zero-order chi connectivity index (χ0) is 15.6.